The third-order valence-electron chi connectivity index (χ3n) is 4.70. The highest BCUT2D eigenvalue weighted by Crippen LogP contribution is 2.30. The summed E-state index contributed by atoms with van der Waals surface area (Å²) in [5.74, 6) is 0. The standard InChI is InChI=1S/C16H38O4Si2/c1-7-9-11-13-21(17-3,18-4)15-16-22(19-5,20-6)14-12-10-8-2/h7-16H2,1-6H3. The fourth-order valence-corrected chi connectivity index (χ4v) is 9.99. The lowest BCUT2D eigenvalue weighted by Crippen LogP contribution is -2.46. The summed E-state index contributed by atoms with van der Waals surface area (Å²) in [5, 5.41) is 0. The van der Waals surface area contributed by atoms with Crippen LogP contribution in [0.15, 0.2) is 0 Å². The van der Waals surface area contributed by atoms with E-state index in [2.05, 4.69) is 13.8 Å². The van der Waals surface area contributed by atoms with Crippen LogP contribution < -0.4 is 0 Å². The first-order valence-corrected chi connectivity index (χ1v) is 13.2. The van der Waals surface area contributed by atoms with Crippen molar-refractivity contribution in [2.75, 3.05) is 28.4 Å². The van der Waals surface area contributed by atoms with Crippen LogP contribution in [-0.2, 0) is 17.7 Å². The lowest BCUT2D eigenvalue weighted by Gasteiger charge is -2.33. The second-order valence-electron chi connectivity index (χ2n) is 6.05. The zero-order chi connectivity index (χ0) is 16.9. The highest BCUT2D eigenvalue weighted by Gasteiger charge is 2.42. The summed E-state index contributed by atoms with van der Waals surface area (Å²) in [6, 6.07) is 4.09. The predicted molar refractivity (Wildman–Crippen MR) is 97.8 cm³/mol. The third-order valence-corrected chi connectivity index (χ3v) is 12.4. The number of unbranched alkanes of at least 4 members (excludes halogenated alkanes) is 4. The maximum absolute atomic E-state index is 5.87. The minimum atomic E-state index is -2.10. The Hall–Kier alpha value is 0.274. The van der Waals surface area contributed by atoms with E-state index in [4.69, 9.17) is 17.7 Å². The van der Waals surface area contributed by atoms with Crippen molar-refractivity contribution in [3.05, 3.63) is 0 Å². The fourth-order valence-electron chi connectivity index (χ4n) is 2.90. The zero-order valence-electron chi connectivity index (χ0n) is 15.7. The van der Waals surface area contributed by atoms with Crippen molar-refractivity contribution in [2.45, 2.75) is 76.5 Å². The number of rotatable bonds is 15. The van der Waals surface area contributed by atoms with Crippen LogP contribution in [0.4, 0.5) is 0 Å². The monoisotopic (exact) mass is 350 g/mol. The molecule has 0 atom stereocenters. The summed E-state index contributed by atoms with van der Waals surface area (Å²) in [5.41, 5.74) is 0. The van der Waals surface area contributed by atoms with Crippen LogP contribution in [0.25, 0.3) is 0 Å². The molecule has 6 heteroatoms. The number of hydrogen-bond donors (Lipinski definition) is 0. The molecular formula is C16H38O4Si2. The van der Waals surface area contributed by atoms with E-state index in [1.807, 2.05) is 28.4 Å². The van der Waals surface area contributed by atoms with Crippen molar-refractivity contribution in [1.29, 1.82) is 0 Å². The summed E-state index contributed by atoms with van der Waals surface area (Å²) in [7, 11) is 3.04. The van der Waals surface area contributed by atoms with E-state index in [1.165, 1.54) is 38.5 Å². The molecule has 0 rings (SSSR count). The van der Waals surface area contributed by atoms with E-state index in [9.17, 15) is 0 Å². The molecule has 0 radical (unpaired) electrons. The van der Waals surface area contributed by atoms with Gasteiger partial charge in [-0.25, -0.2) is 0 Å². The maximum atomic E-state index is 5.87. The quantitative estimate of drug-likeness (QED) is 0.313. The summed E-state index contributed by atoms with van der Waals surface area (Å²) >= 11 is 0. The normalized spacial score (nSPS) is 12.8. The Bertz CT molecular complexity index is 231. The second-order valence-corrected chi connectivity index (χ2v) is 13.3. The molecule has 0 spiro atoms. The molecule has 0 aromatic rings. The minimum Gasteiger partial charge on any atom is -0.398 e. The fraction of sp³-hybridized carbons (Fsp3) is 1.00. The molecule has 0 aliphatic carbocycles. The molecule has 0 saturated heterocycles. The summed E-state index contributed by atoms with van der Waals surface area (Å²) in [4.78, 5) is 0. The summed E-state index contributed by atoms with van der Waals surface area (Å²) < 4.78 is 23.5. The first-order chi connectivity index (χ1) is 10.6. The molecule has 0 aromatic carbocycles. The molecule has 0 N–H and O–H groups in total. The van der Waals surface area contributed by atoms with Crippen molar-refractivity contribution in [3.8, 4) is 0 Å². The van der Waals surface area contributed by atoms with Crippen LogP contribution in [0.3, 0.4) is 0 Å². The van der Waals surface area contributed by atoms with Gasteiger partial charge in [0.1, 0.15) is 0 Å². The van der Waals surface area contributed by atoms with E-state index in [0.29, 0.717) is 0 Å². The topological polar surface area (TPSA) is 36.9 Å². The van der Waals surface area contributed by atoms with Gasteiger partial charge in [0.25, 0.3) is 0 Å². The molecule has 0 aliphatic heterocycles. The van der Waals surface area contributed by atoms with Crippen molar-refractivity contribution in [2.24, 2.45) is 0 Å². The van der Waals surface area contributed by atoms with Gasteiger partial charge < -0.3 is 17.7 Å². The Balaban J connectivity index is 4.66. The molecule has 0 fully saturated rings. The van der Waals surface area contributed by atoms with Gasteiger partial charge in [0.15, 0.2) is 0 Å². The maximum Gasteiger partial charge on any atom is 0.337 e. The van der Waals surface area contributed by atoms with Gasteiger partial charge in [-0.2, -0.15) is 0 Å². The van der Waals surface area contributed by atoms with Gasteiger partial charge in [0.05, 0.1) is 0 Å². The SMILES string of the molecule is CCCCC[Si](CC[Si](CCCCC)(OC)OC)(OC)OC. The van der Waals surface area contributed by atoms with Crippen molar-refractivity contribution < 1.29 is 17.7 Å². The van der Waals surface area contributed by atoms with E-state index in [0.717, 1.165) is 24.2 Å². The van der Waals surface area contributed by atoms with Crippen LogP contribution in [0.2, 0.25) is 24.2 Å². The van der Waals surface area contributed by atoms with Gasteiger partial charge in [-0.05, 0) is 24.2 Å². The Labute approximate surface area is 140 Å². The Morgan fingerprint density at radius 1 is 0.500 bits per heavy atom. The lowest BCUT2D eigenvalue weighted by atomic mass is 10.3. The molecule has 4 nitrogen and oxygen atoms in total. The largest absolute Gasteiger partial charge is 0.398 e. The molecule has 134 valence electrons. The average molecular weight is 351 g/mol. The first-order valence-electron chi connectivity index (χ1n) is 8.78. The summed E-state index contributed by atoms with van der Waals surface area (Å²) in [6.07, 6.45) is 7.32. The lowest BCUT2D eigenvalue weighted by molar-refractivity contribution is 0.226. The predicted octanol–water partition coefficient (Wildman–Crippen LogP) is 4.84. The Morgan fingerprint density at radius 2 is 0.818 bits per heavy atom. The van der Waals surface area contributed by atoms with Crippen molar-refractivity contribution in [3.63, 3.8) is 0 Å². The van der Waals surface area contributed by atoms with E-state index >= 15 is 0 Å². The number of hydrogen-bond acceptors (Lipinski definition) is 4. The first kappa shape index (κ1) is 22.3. The minimum absolute atomic E-state index is 0.976. The van der Waals surface area contributed by atoms with Gasteiger partial charge in [0, 0.05) is 28.4 Å². The highest BCUT2D eigenvalue weighted by atomic mass is 28.4. The van der Waals surface area contributed by atoms with Crippen LogP contribution in [0, 0.1) is 0 Å². The molecule has 0 aliphatic rings. The van der Waals surface area contributed by atoms with Crippen LogP contribution in [0.5, 0.6) is 0 Å². The zero-order valence-corrected chi connectivity index (χ0v) is 17.7. The van der Waals surface area contributed by atoms with Crippen molar-refractivity contribution in [1.82, 2.24) is 0 Å². The average Bonchev–Trinajstić information content (AvgIpc) is 2.57. The van der Waals surface area contributed by atoms with Crippen LogP contribution in [-0.4, -0.2) is 45.6 Å². The molecule has 0 saturated carbocycles. The second kappa shape index (κ2) is 12.7. The van der Waals surface area contributed by atoms with E-state index in [-0.39, 0.29) is 0 Å². The van der Waals surface area contributed by atoms with E-state index < -0.39 is 17.1 Å². The molecule has 0 heterocycles. The van der Waals surface area contributed by atoms with Crippen LogP contribution in [0.1, 0.15) is 52.4 Å². The highest BCUT2D eigenvalue weighted by molar-refractivity contribution is 6.73. The molecule has 0 bridgehead atoms. The summed E-state index contributed by atoms with van der Waals surface area (Å²) in [6.45, 7) is 4.45. The third kappa shape index (κ3) is 7.70. The van der Waals surface area contributed by atoms with Gasteiger partial charge in [-0.3, -0.25) is 0 Å². The van der Waals surface area contributed by atoms with E-state index in [1.54, 1.807) is 0 Å². The van der Waals surface area contributed by atoms with Gasteiger partial charge in [-0.15, -0.1) is 0 Å². The molecular weight excluding hydrogens is 312 g/mol. The molecule has 22 heavy (non-hydrogen) atoms. The van der Waals surface area contributed by atoms with Gasteiger partial charge in [-0.1, -0.05) is 52.4 Å². The smallest absolute Gasteiger partial charge is 0.337 e. The Morgan fingerprint density at radius 3 is 1.05 bits per heavy atom. The Kier molecular flexibility index (Phi) is 12.8. The van der Waals surface area contributed by atoms with Crippen molar-refractivity contribution >= 4 is 17.1 Å². The molecule has 0 unspecified atom stereocenters. The molecule has 0 amide bonds. The van der Waals surface area contributed by atoms with Gasteiger partial charge >= 0.3 is 17.1 Å². The molecule has 0 aromatic heterocycles. The van der Waals surface area contributed by atoms with Crippen LogP contribution >= 0.6 is 0 Å². The van der Waals surface area contributed by atoms with Gasteiger partial charge in [0.2, 0.25) is 0 Å².